The number of hydrogen-bond donors (Lipinski definition) is 1. The molecule has 0 spiro atoms. The molecular weight excluding hydrogens is 180 g/mol. The molecule has 0 aliphatic carbocycles. The second-order valence-corrected chi connectivity index (χ2v) is 3.07. The lowest BCUT2D eigenvalue weighted by atomic mass is 10.0. The van der Waals surface area contributed by atoms with Crippen LogP contribution in [0.1, 0.15) is 11.7 Å². The molecule has 1 heterocycles. The lowest BCUT2D eigenvalue weighted by Crippen LogP contribution is -2.08. The van der Waals surface area contributed by atoms with Crippen LogP contribution in [0.4, 0.5) is 0 Å². The quantitative estimate of drug-likeness (QED) is 0.713. The smallest absolute Gasteiger partial charge is 0.337 e. The number of hydrogen-bond acceptors (Lipinski definition) is 3. The Morgan fingerprint density at radius 3 is 2.57 bits per heavy atom. The maximum absolute atomic E-state index is 11.1. The summed E-state index contributed by atoms with van der Waals surface area (Å²) in [6, 6.07) is 9.05. The van der Waals surface area contributed by atoms with Crippen molar-refractivity contribution in [1.29, 1.82) is 0 Å². The molecule has 1 aliphatic rings. The fourth-order valence-electron chi connectivity index (χ4n) is 1.41. The molecule has 3 nitrogen and oxygen atoms in total. The Labute approximate surface area is 81.6 Å². The molecule has 2 rings (SSSR count). The summed E-state index contributed by atoms with van der Waals surface area (Å²) in [5, 5.41) is 9.82. The summed E-state index contributed by atoms with van der Waals surface area (Å²) in [5.41, 5.74) is 1.04. The fraction of sp³-hybridized carbons (Fsp3) is 0.182. The van der Waals surface area contributed by atoms with E-state index >= 15 is 0 Å². The molecular formula is C11H10O3. The number of benzene rings is 1. The third-order valence-electron chi connectivity index (χ3n) is 2.16. The van der Waals surface area contributed by atoms with Crippen LogP contribution >= 0.6 is 0 Å². The highest BCUT2D eigenvalue weighted by atomic mass is 16.5. The predicted molar refractivity (Wildman–Crippen MR) is 50.4 cm³/mol. The normalized spacial score (nSPS) is 17.5. The first kappa shape index (κ1) is 8.97. The van der Waals surface area contributed by atoms with Crippen molar-refractivity contribution in [2.24, 2.45) is 0 Å². The van der Waals surface area contributed by atoms with Crippen molar-refractivity contribution in [2.75, 3.05) is 6.61 Å². The molecule has 1 N–H and O–H groups in total. The molecule has 0 saturated heterocycles. The van der Waals surface area contributed by atoms with Gasteiger partial charge in [0.05, 0.1) is 5.57 Å². The number of aliphatic hydroxyl groups excluding tert-OH is 1. The molecule has 0 bridgehead atoms. The third-order valence-corrected chi connectivity index (χ3v) is 2.16. The Hall–Kier alpha value is -1.61. The molecule has 1 aromatic rings. The predicted octanol–water partition coefficient (Wildman–Crippen LogP) is 1.20. The summed E-state index contributed by atoms with van der Waals surface area (Å²) in [5.74, 6) is -0.429. The Balaban J connectivity index is 2.24. The van der Waals surface area contributed by atoms with Crippen LogP contribution in [0.2, 0.25) is 0 Å². The van der Waals surface area contributed by atoms with E-state index in [9.17, 15) is 9.90 Å². The monoisotopic (exact) mass is 190 g/mol. The molecule has 0 radical (unpaired) electrons. The van der Waals surface area contributed by atoms with Crippen molar-refractivity contribution in [2.45, 2.75) is 6.10 Å². The zero-order valence-corrected chi connectivity index (χ0v) is 7.51. The largest absolute Gasteiger partial charge is 0.458 e. The minimum absolute atomic E-state index is 0.262. The molecule has 0 unspecified atom stereocenters. The Kier molecular flexibility index (Phi) is 2.33. The van der Waals surface area contributed by atoms with Crippen molar-refractivity contribution >= 4 is 5.97 Å². The van der Waals surface area contributed by atoms with Gasteiger partial charge in [-0.3, -0.25) is 0 Å². The first-order chi connectivity index (χ1) is 6.79. The number of cyclic esters (lactones) is 1. The van der Waals surface area contributed by atoms with Gasteiger partial charge >= 0.3 is 5.97 Å². The third kappa shape index (κ3) is 1.54. The maximum atomic E-state index is 11.1. The van der Waals surface area contributed by atoms with Crippen molar-refractivity contribution in [3.8, 4) is 0 Å². The van der Waals surface area contributed by atoms with Gasteiger partial charge in [-0.1, -0.05) is 30.3 Å². The zero-order valence-electron chi connectivity index (χ0n) is 7.51. The molecule has 0 amide bonds. The van der Waals surface area contributed by atoms with E-state index in [1.807, 2.05) is 18.2 Å². The van der Waals surface area contributed by atoms with Crippen LogP contribution in [-0.2, 0) is 9.53 Å². The van der Waals surface area contributed by atoms with Crippen LogP contribution in [0, 0.1) is 0 Å². The van der Waals surface area contributed by atoms with Crippen LogP contribution in [-0.4, -0.2) is 17.7 Å². The van der Waals surface area contributed by atoms with Gasteiger partial charge in [-0.05, 0) is 11.6 Å². The number of esters is 1. The number of aliphatic hydroxyl groups is 1. The van der Waals surface area contributed by atoms with Gasteiger partial charge in [0, 0.05) is 0 Å². The summed E-state index contributed by atoms with van der Waals surface area (Å²) in [6.45, 7) is 0.262. The first-order valence-electron chi connectivity index (χ1n) is 4.39. The van der Waals surface area contributed by atoms with Crippen molar-refractivity contribution in [3.63, 3.8) is 0 Å². The highest BCUT2D eigenvalue weighted by molar-refractivity contribution is 5.91. The minimum atomic E-state index is -0.869. The van der Waals surface area contributed by atoms with E-state index in [1.165, 1.54) is 0 Å². The Morgan fingerprint density at radius 1 is 1.29 bits per heavy atom. The van der Waals surface area contributed by atoms with Crippen LogP contribution < -0.4 is 0 Å². The second kappa shape index (κ2) is 3.64. The van der Waals surface area contributed by atoms with Crippen LogP contribution in [0.15, 0.2) is 42.0 Å². The average Bonchev–Trinajstić information content (AvgIpc) is 2.65. The fourth-order valence-corrected chi connectivity index (χ4v) is 1.41. The summed E-state index contributed by atoms with van der Waals surface area (Å²) in [6.07, 6.45) is 0.742. The Morgan fingerprint density at radius 2 is 2.00 bits per heavy atom. The van der Waals surface area contributed by atoms with Gasteiger partial charge in [0.25, 0.3) is 0 Å². The molecule has 3 heteroatoms. The van der Waals surface area contributed by atoms with E-state index < -0.39 is 12.1 Å². The van der Waals surface area contributed by atoms with E-state index in [2.05, 4.69) is 0 Å². The summed E-state index contributed by atoms with van der Waals surface area (Å²) >= 11 is 0. The number of carbonyl (C=O) groups excluding carboxylic acids is 1. The zero-order chi connectivity index (χ0) is 9.97. The van der Waals surface area contributed by atoms with Gasteiger partial charge in [0.2, 0.25) is 0 Å². The molecule has 1 aliphatic heterocycles. The standard InChI is InChI=1S/C11H10O3/c12-10(8-4-2-1-3-5-8)9-6-7-14-11(9)13/h1-6,10,12H,7H2/t10-/m1/s1. The maximum Gasteiger partial charge on any atom is 0.337 e. The number of carbonyl (C=O) groups is 1. The highest BCUT2D eigenvalue weighted by Gasteiger charge is 2.24. The highest BCUT2D eigenvalue weighted by Crippen LogP contribution is 2.24. The van der Waals surface area contributed by atoms with Crippen LogP contribution in [0.25, 0.3) is 0 Å². The molecule has 1 atom stereocenters. The van der Waals surface area contributed by atoms with Crippen molar-refractivity contribution in [3.05, 3.63) is 47.5 Å². The topological polar surface area (TPSA) is 46.5 Å². The molecule has 72 valence electrons. The number of ether oxygens (including phenoxy) is 1. The van der Waals surface area contributed by atoms with E-state index in [1.54, 1.807) is 18.2 Å². The van der Waals surface area contributed by atoms with Crippen LogP contribution in [0.3, 0.4) is 0 Å². The molecule has 1 aromatic carbocycles. The van der Waals surface area contributed by atoms with Gasteiger partial charge in [0.1, 0.15) is 12.7 Å². The van der Waals surface area contributed by atoms with Gasteiger partial charge in [-0.2, -0.15) is 0 Å². The van der Waals surface area contributed by atoms with E-state index in [0.29, 0.717) is 11.1 Å². The lowest BCUT2D eigenvalue weighted by Gasteiger charge is -2.09. The molecule has 0 fully saturated rings. The Bertz CT molecular complexity index is 367. The van der Waals surface area contributed by atoms with Crippen molar-refractivity contribution < 1.29 is 14.6 Å². The SMILES string of the molecule is O=C1OCC=C1[C@H](O)c1ccccc1. The average molecular weight is 190 g/mol. The van der Waals surface area contributed by atoms with Crippen LogP contribution in [0.5, 0.6) is 0 Å². The first-order valence-corrected chi connectivity index (χ1v) is 4.39. The molecule has 0 saturated carbocycles. The molecule has 14 heavy (non-hydrogen) atoms. The van der Waals surface area contributed by atoms with Gasteiger partial charge < -0.3 is 9.84 Å². The summed E-state index contributed by atoms with van der Waals surface area (Å²) < 4.78 is 4.72. The summed E-state index contributed by atoms with van der Waals surface area (Å²) in [4.78, 5) is 11.1. The van der Waals surface area contributed by atoms with E-state index in [0.717, 1.165) is 0 Å². The van der Waals surface area contributed by atoms with Gasteiger partial charge in [-0.15, -0.1) is 0 Å². The van der Waals surface area contributed by atoms with Gasteiger partial charge in [0.15, 0.2) is 0 Å². The van der Waals surface area contributed by atoms with E-state index in [4.69, 9.17) is 4.74 Å². The minimum Gasteiger partial charge on any atom is -0.458 e. The number of rotatable bonds is 2. The van der Waals surface area contributed by atoms with E-state index in [-0.39, 0.29) is 6.61 Å². The molecule has 0 aromatic heterocycles. The second-order valence-electron chi connectivity index (χ2n) is 3.07. The van der Waals surface area contributed by atoms with Crippen molar-refractivity contribution in [1.82, 2.24) is 0 Å². The van der Waals surface area contributed by atoms with Gasteiger partial charge in [-0.25, -0.2) is 4.79 Å². The summed E-state index contributed by atoms with van der Waals surface area (Å²) in [7, 11) is 0. The lowest BCUT2D eigenvalue weighted by molar-refractivity contribution is -0.136.